The molecule has 1 aromatic rings. The van der Waals surface area contributed by atoms with Crippen LogP contribution in [0.5, 0.6) is 0 Å². The Kier molecular flexibility index (Phi) is 4.97. The summed E-state index contributed by atoms with van der Waals surface area (Å²) in [6.07, 6.45) is 0. The van der Waals surface area contributed by atoms with Crippen LogP contribution in [-0.4, -0.2) is 18.6 Å². The van der Waals surface area contributed by atoms with Crippen LogP contribution in [0, 0.1) is 6.92 Å². The van der Waals surface area contributed by atoms with E-state index in [1.54, 1.807) is 0 Å². The zero-order valence-corrected chi connectivity index (χ0v) is 10.9. The maximum Gasteiger partial charge on any atom is 0.0208 e. The van der Waals surface area contributed by atoms with Gasteiger partial charge >= 0.3 is 0 Å². The van der Waals surface area contributed by atoms with Crippen molar-refractivity contribution in [2.45, 2.75) is 39.8 Å². The van der Waals surface area contributed by atoms with E-state index in [-0.39, 0.29) is 5.54 Å². The molecule has 2 N–H and O–H groups in total. The first kappa shape index (κ1) is 13.2. The molecular weight excluding hydrogens is 196 g/mol. The van der Waals surface area contributed by atoms with Crippen molar-refractivity contribution in [1.29, 1.82) is 0 Å². The standard InChI is InChI=1S/C14H24N2/c1-12-7-5-6-8-13(12)11-15-9-10-16-14(2,3)4/h5-8,15-16H,9-11H2,1-4H3. The molecule has 16 heavy (non-hydrogen) atoms. The molecule has 1 aromatic carbocycles. The summed E-state index contributed by atoms with van der Waals surface area (Å²) in [6, 6.07) is 8.52. The largest absolute Gasteiger partial charge is 0.311 e. The molecule has 0 heterocycles. The van der Waals surface area contributed by atoms with Gasteiger partial charge in [0.2, 0.25) is 0 Å². The van der Waals surface area contributed by atoms with Gasteiger partial charge in [-0.25, -0.2) is 0 Å². The van der Waals surface area contributed by atoms with Gasteiger partial charge in [0, 0.05) is 25.2 Å². The Morgan fingerprint density at radius 2 is 1.75 bits per heavy atom. The lowest BCUT2D eigenvalue weighted by atomic mass is 10.1. The fourth-order valence-corrected chi connectivity index (χ4v) is 1.56. The summed E-state index contributed by atoms with van der Waals surface area (Å²) in [5, 5.41) is 6.91. The average Bonchev–Trinajstić information content (AvgIpc) is 2.18. The highest BCUT2D eigenvalue weighted by atomic mass is 15.0. The molecule has 0 aliphatic rings. The quantitative estimate of drug-likeness (QED) is 0.745. The van der Waals surface area contributed by atoms with Crippen LogP contribution in [0.15, 0.2) is 24.3 Å². The minimum atomic E-state index is 0.213. The summed E-state index contributed by atoms with van der Waals surface area (Å²) < 4.78 is 0. The predicted octanol–water partition coefficient (Wildman–Crippen LogP) is 2.47. The van der Waals surface area contributed by atoms with Gasteiger partial charge in [0.05, 0.1) is 0 Å². The van der Waals surface area contributed by atoms with Crippen LogP contribution in [0.25, 0.3) is 0 Å². The Hall–Kier alpha value is -0.860. The molecule has 0 spiro atoms. The maximum absolute atomic E-state index is 3.46. The molecule has 0 aliphatic heterocycles. The van der Waals surface area contributed by atoms with Gasteiger partial charge in [-0.3, -0.25) is 0 Å². The summed E-state index contributed by atoms with van der Waals surface area (Å²) in [6.45, 7) is 11.7. The van der Waals surface area contributed by atoms with E-state index in [0.29, 0.717) is 0 Å². The molecule has 0 unspecified atom stereocenters. The Labute approximate surface area is 99.5 Å². The topological polar surface area (TPSA) is 24.1 Å². The smallest absolute Gasteiger partial charge is 0.0208 e. The van der Waals surface area contributed by atoms with E-state index < -0.39 is 0 Å². The highest BCUT2D eigenvalue weighted by molar-refractivity contribution is 5.25. The minimum Gasteiger partial charge on any atom is -0.311 e. The number of benzene rings is 1. The number of hydrogen-bond acceptors (Lipinski definition) is 2. The fraction of sp³-hybridized carbons (Fsp3) is 0.571. The Balaban J connectivity index is 2.19. The Morgan fingerprint density at radius 3 is 2.38 bits per heavy atom. The van der Waals surface area contributed by atoms with Gasteiger partial charge in [0.25, 0.3) is 0 Å². The molecule has 0 radical (unpaired) electrons. The number of nitrogens with one attached hydrogen (secondary N) is 2. The molecule has 2 nitrogen and oxygen atoms in total. The maximum atomic E-state index is 3.46. The molecule has 0 amide bonds. The van der Waals surface area contributed by atoms with Crippen molar-refractivity contribution in [3.05, 3.63) is 35.4 Å². The zero-order valence-electron chi connectivity index (χ0n) is 10.9. The summed E-state index contributed by atoms with van der Waals surface area (Å²) in [5.74, 6) is 0. The fourth-order valence-electron chi connectivity index (χ4n) is 1.56. The molecule has 0 aromatic heterocycles. The van der Waals surface area contributed by atoms with Gasteiger partial charge < -0.3 is 10.6 Å². The van der Waals surface area contributed by atoms with Crippen LogP contribution < -0.4 is 10.6 Å². The Bertz CT molecular complexity index is 313. The molecule has 1 rings (SSSR count). The van der Waals surface area contributed by atoms with Crippen molar-refractivity contribution in [2.24, 2.45) is 0 Å². The molecule has 0 fully saturated rings. The first-order chi connectivity index (χ1) is 7.49. The molecule has 0 saturated carbocycles. The second-order valence-electron chi connectivity index (χ2n) is 5.28. The van der Waals surface area contributed by atoms with E-state index in [0.717, 1.165) is 19.6 Å². The third-order valence-electron chi connectivity index (χ3n) is 2.53. The third-order valence-corrected chi connectivity index (χ3v) is 2.53. The van der Waals surface area contributed by atoms with Gasteiger partial charge in [-0.05, 0) is 38.8 Å². The lowest BCUT2D eigenvalue weighted by molar-refractivity contribution is 0.421. The van der Waals surface area contributed by atoms with Crippen LogP contribution in [0.3, 0.4) is 0 Å². The second-order valence-corrected chi connectivity index (χ2v) is 5.28. The summed E-state index contributed by atoms with van der Waals surface area (Å²) in [5.41, 5.74) is 2.96. The zero-order chi connectivity index (χ0) is 12.0. The van der Waals surface area contributed by atoms with Crippen molar-refractivity contribution < 1.29 is 0 Å². The molecule has 0 bridgehead atoms. The molecule has 2 heteroatoms. The van der Waals surface area contributed by atoms with Gasteiger partial charge in [-0.1, -0.05) is 24.3 Å². The van der Waals surface area contributed by atoms with Gasteiger partial charge in [0.1, 0.15) is 0 Å². The lowest BCUT2D eigenvalue weighted by Crippen LogP contribution is -2.40. The summed E-state index contributed by atoms with van der Waals surface area (Å²) in [4.78, 5) is 0. The van der Waals surface area contributed by atoms with Crippen molar-refractivity contribution in [3.8, 4) is 0 Å². The van der Waals surface area contributed by atoms with Crippen molar-refractivity contribution in [3.63, 3.8) is 0 Å². The third kappa shape index (κ3) is 5.29. The van der Waals surface area contributed by atoms with E-state index in [4.69, 9.17) is 0 Å². The highest BCUT2D eigenvalue weighted by Gasteiger charge is 2.06. The predicted molar refractivity (Wildman–Crippen MR) is 70.6 cm³/mol. The first-order valence-electron chi connectivity index (χ1n) is 5.99. The molecule has 90 valence electrons. The van der Waals surface area contributed by atoms with Crippen LogP contribution >= 0.6 is 0 Å². The van der Waals surface area contributed by atoms with E-state index in [2.05, 4.69) is 62.6 Å². The normalized spacial score (nSPS) is 11.8. The van der Waals surface area contributed by atoms with E-state index in [1.807, 2.05) is 0 Å². The van der Waals surface area contributed by atoms with Crippen LogP contribution in [-0.2, 0) is 6.54 Å². The summed E-state index contributed by atoms with van der Waals surface area (Å²) >= 11 is 0. The van der Waals surface area contributed by atoms with Gasteiger partial charge in [-0.15, -0.1) is 0 Å². The van der Waals surface area contributed by atoms with E-state index >= 15 is 0 Å². The van der Waals surface area contributed by atoms with Gasteiger partial charge in [-0.2, -0.15) is 0 Å². The van der Waals surface area contributed by atoms with Gasteiger partial charge in [0.15, 0.2) is 0 Å². The monoisotopic (exact) mass is 220 g/mol. The second kappa shape index (κ2) is 6.02. The molecule has 0 atom stereocenters. The number of aryl methyl sites for hydroxylation is 1. The first-order valence-corrected chi connectivity index (χ1v) is 5.99. The van der Waals surface area contributed by atoms with Crippen LogP contribution in [0.2, 0.25) is 0 Å². The van der Waals surface area contributed by atoms with E-state index in [9.17, 15) is 0 Å². The van der Waals surface area contributed by atoms with Crippen molar-refractivity contribution >= 4 is 0 Å². The average molecular weight is 220 g/mol. The van der Waals surface area contributed by atoms with Crippen molar-refractivity contribution in [1.82, 2.24) is 10.6 Å². The highest BCUT2D eigenvalue weighted by Crippen LogP contribution is 2.05. The van der Waals surface area contributed by atoms with E-state index in [1.165, 1.54) is 11.1 Å². The Morgan fingerprint density at radius 1 is 1.06 bits per heavy atom. The number of rotatable bonds is 5. The molecule has 0 saturated heterocycles. The molecule has 0 aliphatic carbocycles. The van der Waals surface area contributed by atoms with Crippen LogP contribution in [0.1, 0.15) is 31.9 Å². The lowest BCUT2D eigenvalue weighted by Gasteiger charge is -2.20. The minimum absolute atomic E-state index is 0.213. The molecular formula is C14H24N2. The van der Waals surface area contributed by atoms with Crippen LogP contribution in [0.4, 0.5) is 0 Å². The SMILES string of the molecule is Cc1ccccc1CNCCNC(C)(C)C. The summed E-state index contributed by atoms with van der Waals surface area (Å²) in [7, 11) is 0. The van der Waals surface area contributed by atoms with Crippen molar-refractivity contribution in [2.75, 3.05) is 13.1 Å². The number of hydrogen-bond donors (Lipinski definition) is 2.